The minimum absolute atomic E-state index is 0.228. The van der Waals surface area contributed by atoms with Crippen LogP contribution in [0.5, 0.6) is 0 Å². The number of thioether (sulfide) groups is 1. The van der Waals surface area contributed by atoms with Crippen LogP contribution in [0.15, 0.2) is 22.7 Å². The SMILES string of the molecule is CSCCNc1ccc(Br)c(F)c1. The van der Waals surface area contributed by atoms with Gasteiger partial charge in [-0.15, -0.1) is 0 Å². The predicted molar refractivity (Wildman–Crippen MR) is 61.0 cm³/mol. The average Bonchev–Trinajstić information content (AvgIpc) is 2.12. The van der Waals surface area contributed by atoms with E-state index in [1.54, 1.807) is 17.8 Å². The van der Waals surface area contributed by atoms with Crippen LogP contribution in [0, 0.1) is 5.82 Å². The summed E-state index contributed by atoms with van der Waals surface area (Å²) in [5.41, 5.74) is 0.828. The number of rotatable bonds is 4. The fourth-order valence-electron chi connectivity index (χ4n) is 0.904. The van der Waals surface area contributed by atoms with E-state index in [0.29, 0.717) is 4.47 Å². The van der Waals surface area contributed by atoms with Crippen LogP contribution in [0.1, 0.15) is 0 Å². The first-order chi connectivity index (χ1) is 6.24. The van der Waals surface area contributed by atoms with Crippen molar-refractivity contribution in [2.45, 2.75) is 0 Å². The Hall–Kier alpha value is -0.220. The van der Waals surface area contributed by atoms with Gasteiger partial charge in [-0.2, -0.15) is 11.8 Å². The molecule has 1 N–H and O–H groups in total. The van der Waals surface area contributed by atoms with Gasteiger partial charge in [0.2, 0.25) is 0 Å². The fraction of sp³-hybridized carbons (Fsp3) is 0.333. The first kappa shape index (κ1) is 10.9. The van der Waals surface area contributed by atoms with E-state index in [-0.39, 0.29) is 5.82 Å². The Morgan fingerprint density at radius 3 is 2.92 bits per heavy atom. The molecule has 0 aliphatic heterocycles. The zero-order chi connectivity index (χ0) is 9.68. The summed E-state index contributed by atoms with van der Waals surface area (Å²) in [5.74, 6) is 0.798. The summed E-state index contributed by atoms with van der Waals surface area (Å²) < 4.78 is 13.5. The molecule has 0 saturated carbocycles. The highest BCUT2D eigenvalue weighted by Crippen LogP contribution is 2.19. The Labute approximate surface area is 90.2 Å². The van der Waals surface area contributed by atoms with Gasteiger partial charge in [0, 0.05) is 18.0 Å². The van der Waals surface area contributed by atoms with E-state index in [4.69, 9.17) is 0 Å². The van der Waals surface area contributed by atoms with Crippen molar-refractivity contribution in [3.05, 3.63) is 28.5 Å². The van der Waals surface area contributed by atoms with Crippen LogP contribution in [0.3, 0.4) is 0 Å². The summed E-state index contributed by atoms with van der Waals surface area (Å²) in [6, 6.07) is 5.05. The zero-order valence-electron chi connectivity index (χ0n) is 7.31. The second-order valence-electron chi connectivity index (χ2n) is 2.55. The molecule has 0 aliphatic carbocycles. The molecule has 0 unspecified atom stereocenters. The second-order valence-corrected chi connectivity index (χ2v) is 4.39. The van der Waals surface area contributed by atoms with Crippen molar-refractivity contribution in [1.82, 2.24) is 0 Å². The number of anilines is 1. The molecule has 0 heterocycles. The topological polar surface area (TPSA) is 12.0 Å². The highest BCUT2D eigenvalue weighted by atomic mass is 79.9. The Balaban J connectivity index is 2.53. The molecule has 0 aliphatic rings. The zero-order valence-corrected chi connectivity index (χ0v) is 9.71. The minimum Gasteiger partial charge on any atom is -0.384 e. The van der Waals surface area contributed by atoms with Crippen LogP contribution in [0.25, 0.3) is 0 Å². The number of benzene rings is 1. The van der Waals surface area contributed by atoms with Gasteiger partial charge < -0.3 is 5.32 Å². The molecule has 1 aromatic rings. The molecule has 0 aromatic heterocycles. The molecule has 1 rings (SSSR count). The predicted octanol–water partition coefficient (Wildman–Crippen LogP) is 3.36. The Morgan fingerprint density at radius 2 is 2.31 bits per heavy atom. The summed E-state index contributed by atoms with van der Waals surface area (Å²) in [4.78, 5) is 0. The number of nitrogens with one attached hydrogen (secondary N) is 1. The molecule has 13 heavy (non-hydrogen) atoms. The third-order valence-corrected chi connectivity index (χ3v) is 2.81. The average molecular weight is 264 g/mol. The molecule has 0 bridgehead atoms. The molecular weight excluding hydrogens is 253 g/mol. The van der Waals surface area contributed by atoms with Crippen LogP contribution in [-0.4, -0.2) is 18.6 Å². The van der Waals surface area contributed by atoms with E-state index in [1.807, 2.05) is 12.3 Å². The van der Waals surface area contributed by atoms with Gasteiger partial charge in [-0.25, -0.2) is 4.39 Å². The van der Waals surface area contributed by atoms with E-state index < -0.39 is 0 Å². The molecule has 0 saturated heterocycles. The first-order valence-corrected chi connectivity index (χ1v) is 6.10. The van der Waals surface area contributed by atoms with E-state index >= 15 is 0 Å². The van der Waals surface area contributed by atoms with Gasteiger partial charge in [-0.1, -0.05) is 0 Å². The van der Waals surface area contributed by atoms with Crippen molar-refractivity contribution in [3.8, 4) is 0 Å². The molecule has 0 atom stereocenters. The van der Waals surface area contributed by atoms with Crippen molar-refractivity contribution in [2.75, 3.05) is 23.9 Å². The Kier molecular flexibility index (Phi) is 4.59. The third-order valence-electron chi connectivity index (χ3n) is 1.55. The van der Waals surface area contributed by atoms with Gasteiger partial charge in [0.25, 0.3) is 0 Å². The largest absolute Gasteiger partial charge is 0.384 e. The maximum Gasteiger partial charge on any atom is 0.139 e. The van der Waals surface area contributed by atoms with E-state index in [2.05, 4.69) is 21.2 Å². The summed E-state index contributed by atoms with van der Waals surface area (Å²) in [6.45, 7) is 0.863. The van der Waals surface area contributed by atoms with Gasteiger partial charge in [-0.05, 0) is 40.4 Å². The molecule has 0 amide bonds. The molecule has 1 nitrogen and oxygen atoms in total. The molecule has 4 heteroatoms. The molecule has 1 aromatic carbocycles. The lowest BCUT2D eigenvalue weighted by Gasteiger charge is -2.05. The van der Waals surface area contributed by atoms with Crippen LogP contribution in [0.4, 0.5) is 10.1 Å². The number of hydrogen-bond donors (Lipinski definition) is 1. The van der Waals surface area contributed by atoms with Crippen molar-refractivity contribution in [1.29, 1.82) is 0 Å². The van der Waals surface area contributed by atoms with Crippen molar-refractivity contribution < 1.29 is 4.39 Å². The highest BCUT2D eigenvalue weighted by Gasteiger charge is 1.99. The monoisotopic (exact) mass is 263 g/mol. The van der Waals surface area contributed by atoms with E-state index in [9.17, 15) is 4.39 Å². The highest BCUT2D eigenvalue weighted by molar-refractivity contribution is 9.10. The number of hydrogen-bond acceptors (Lipinski definition) is 2. The van der Waals surface area contributed by atoms with Crippen LogP contribution in [-0.2, 0) is 0 Å². The molecule has 0 spiro atoms. The van der Waals surface area contributed by atoms with Crippen molar-refractivity contribution in [3.63, 3.8) is 0 Å². The van der Waals surface area contributed by atoms with Gasteiger partial charge in [-0.3, -0.25) is 0 Å². The standard InChI is InChI=1S/C9H11BrFNS/c1-13-5-4-12-7-2-3-8(10)9(11)6-7/h2-3,6,12H,4-5H2,1H3. The lowest BCUT2D eigenvalue weighted by atomic mass is 10.3. The fourth-order valence-corrected chi connectivity index (χ4v) is 1.46. The van der Waals surface area contributed by atoms with Crippen LogP contribution >= 0.6 is 27.7 Å². The second kappa shape index (κ2) is 5.50. The van der Waals surface area contributed by atoms with Gasteiger partial charge in [0.1, 0.15) is 5.82 Å². The third kappa shape index (κ3) is 3.56. The summed E-state index contributed by atoms with van der Waals surface area (Å²) in [7, 11) is 0. The molecule has 72 valence electrons. The quantitative estimate of drug-likeness (QED) is 0.837. The van der Waals surface area contributed by atoms with Crippen molar-refractivity contribution >= 4 is 33.4 Å². The number of halogens is 2. The van der Waals surface area contributed by atoms with E-state index in [0.717, 1.165) is 18.0 Å². The maximum absolute atomic E-state index is 13.0. The lowest BCUT2D eigenvalue weighted by Crippen LogP contribution is -2.03. The minimum atomic E-state index is -0.228. The Bertz CT molecular complexity index is 280. The smallest absolute Gasteiger partial charge is 0.139 e. The van der Waals surface area contributed by atoms with Gasteiger partial charge >= 0.3 is 0 Å². The first-order valence-electron chi connectivity index (χ1n) is 3.92. The summed E-state index contributed by atoms with van der Waals surface area (Å²) in [6.07, 6.45) is 2.05. The Morgan fingerprint density at radius 1 is 1.54 bits per heavy atom. The lowest BCUT2D eigenvalue weighted by molar-refractivity contribution is 0.621. The van der Waals surface area contributed by atoms with Crippen molar-refractivity contribution in [2.24, 2.45) is 0 Å². The van der Waals surface area contributed by atoms with Crippen LogP contribution in [0.2, 0.25) is 0 Å². The molecular formula is C9H11BrFNS. The maximum atomic E-state index is 13.0. The summed E-state index contributed by atoms with van der Waals surface area (Å²) in [5, 5.41) is 3.13. The van der Waals surface area contributed by atoms with Gasteiger partial charge in [0.15, 0.2) is 0 Å². The molecule has 0 radical (unpaired) electrons. The van der Waals surface area contributed by atoms with E-state index in [1.165, 1.54) is 6.07 Å². The summed E-state index contributed by atoms with van der Waals surface area (Å²) >= 11 is 4.87. The van der Waals surface area contributed by atoms with Gasteiger partial charge in [0.05, 0.1) is 4.47 Å². The normalized spacial score (nSPS) is 10.1. The van der Waals surface area contributed by atoms with Crippen LogP contribution < -0.4 is 5.32 Å². The molecule has 0 fully saturated rings.